The standard InChI is InChI=1S/C13H8Cl2O/c14-7-1-3-9-10-4-2-8(15)6-12(10)13(16)11(9)5-7/h1-6,13,16H. The van der Waals surface area contributed by atoms with Crippen LogP contribution in [0.4, 0.5) is 0 Å². The Labute approximate surface area is 103 Å². The molecule has 0 amide bonds. The SMILES string of the molecule is OC1c2cc(Cl)ccc2-c2ccc(Cl)cc21. The lowest BCUT2D eigenvalue weighted by molar-refractivity contribution is 0.225. The van der Waals surface area contributed by atoms with Gasteiger partial charge in [0.15, 0.2) is 0 Å². The van der Waals surface area contributed by atoms with Crippen molar-refractivity contribution in [2.75, 3.05) is 0 Å². The Morgan fingerprint density at radius 3 is 1.69 bits per heavy atom. The van der Waals surface area contributed by atoms with Gasteiger partial charge in [0.2, 0.25) is 0 Å². The molecule has 0 aromatic heterocycles. The van der Waals surface area contributed by atoms with Gasteiger partial charge in [0.1, 0.15) is 6.10 Å². The molecular formula is C13H8Cl2O. The van der Waals surface area contributed by atoms with E-state index in [4.69, 9.17) is 23.2 Å². The number of hydrogen-bond acceptors (Lipinski definition) is 1. The van der Waals surface area contributed by atoms with Gasteiger partial charge < -0.3 is 5.11 Å². The number of aliphatic hydroxyl groups excluding tert-OH is 1. The van der Waals surface area contributed by atoms with Gasteiger partial charge in [-0.1, -0.05) is 35.3 Å². The normalized spacial score (nSPS) is 13.7. The minimum Gasteiger partial charge on any atom is -0.384 e. The van der Waals surface area contributed by atoms with Gasteiger partial charge in [0.25, 0.3) is 0 Å². The Hall–Kier alpha value is -1.02. The molecule has 1 aliphatic rings. The summed E-state index contributed by atoms with van der Waals surface area (Å²) in [5.74, 6) is 0. The van der Waals surface area contributed by atoms with Crippen LogP contribution in [0.1, 0.15) is 17.2 Å². The van der Waals surface area contributed by atoms with Gasteiger partial charge in [0, 0.05) is 10.0 Å². The first-order valence-corrected chi connectivity index (χ1v) is 5.70. The summed E-state index contributed by atoms with van der Waals surface area (Å²) in [6, 6.07) is 11.1. The van der Waals surface area contributed by atoms with E-state index in [1.54, 1.807) is 12.1 Å². The van der Waals surface area contributed by atoms with E-state index in [-0.39, 0.29) is 0 Å². The first-order chi connectivity index (χ1) is 7.66. The first-order valence-electron chi connectivity index (χ1n) is 4.94. The van der Waals surface area contributed by atoms with E-state index in [1.165, 1.54) is 0 Å². The largest absolute Gasteiger partial charge is 0.384 e. The van der Waals surface area contributed by atoms with Crippen LogP contribution in [0.3, 0.4) is 0 Å². The van der Waals surface area contributed by atoms with E-state index in [0.29, 0.717) is 10.0 Å². The van der Waals surface area contributed by atoms with E-state index >= 15 is 0 Å². The fraction of sp³-hybridized carbons (Fsp3) is 0.0769. The highest BCUT2D eigenvalue weighted by Crippen LogP contribution is 2.44. The molecule has 0 fully saturated rings. The lowest BCUT2D eigenvalue weighted by atomic mass is 10.1. The second kappa shape index (κ2) is 3.49. The highest BCUT2D eigenvalue weighted by atomic mass is 35.5. The van der Waals surface area contributed by atoms with Crippen LogP contribution >= 0.6 is 23.2 Å². The molecule has 0 saturated heterocycles. The van der Waals surface area contributed by atoms with Crippen LogP contribution in [-0.2, 0) is 0 Å². The Balaban J connectivity index is 2.30. The van der Waals surface area contributed by atoms with Crippen LogP contribution in [0.2, 0.25) is 10.0 Å². The zero-order valence-electron chi connectivity index (χ0n) is 8.24. The van der Waals surface area contributed by atoms with Gasteiger partial charge in [-0.2, -0.15) is 0 Å². The maximum atomic E-state index is 10.2. The van der Waals surface area contributed by atoms with Crippen molar-refractivity contribution >= 4 is 23.2 Å². The summed E-state index contributed by atoms with van der Waals surface area (Å²) in [5, 5.41) is 11.4. The molecule has 80 valence electrons. The fourth-order valence-electron chi connectivity index (χ4n) is 2.18. The van der Waals surface area contributed by atoms with Gasteiger partial charge in [-0.05, 0) is 46.5 Å². The number of rotatable bonds is 0. The lowest BCUT2D eigenvalue weighted by Gasteiger charge is -2.05. The van der Waals surface area contributed by atoms with Crippen molar-refractivity contribution in [2.45, 2.75) is 6.10 Å². The van der Waals surface area contributed by atoms with Crippen molar-refractivity contribution < 1.29 is 5.11 Å². The van der Waals surface area contributed by atoms with E-state index in [0.717, 1.165) is 22.3 Å². The number of aliphatic hydroxyl groups is 1. The van der Waals surface area contributed by atoms with Gasteiger partial charge in [0.05, 0.1) is 0 Å². The number of benzene rings is 2. The first kappa shape index (κ1) is 10.2. The van der Waals surface area contributed by atoms with Crippen molar-refractivity contribution in [1.29, 1.82) is 0 Å². The Bertz CT molecular complexity index is 527. The Kier molecular flexibility index (Phi) is 2.21. The summed E-state index contributed by atoms with van der Waals surface area (Å²) in [7, 11) is 0. The molecule has 1 N–H and O–H groups in total. The van der Waals surface area contributed by atoms with Crippen molar-refractivity contribution in [2.24, 2.45) is 0 Å². The van der Waals surface area contributed by atoms with Gasteiger partial charge in [-0.25, -0.2) is 0 Å². The van der Waals surface area contributed by atoms with Crippen LogP contribution in [0.5, 0.6) is 0 Å². The third kappa shape index (κ3) is 1.36. The van der Waals surface area contributed by atoms with E-state index in [2.05, 4.69) is 0 Å². The molecule has 1 aliphatic carbocycles. The van der Waals surface area contributed by atoms with Crippen LogP contribution in [0.15, 0.2) is 36.4 Å². The smallest absolute Gasteiger partial charge is 0.105 e. The molecule has 0 spiro atoms. The second-order valence-electron chi connectivity index (χ2n) is 3.87. The summed E-state index contributed by atoms with van der Waals surface area (Å²) < 4.78 is 0. The van der Waals surface area contributed by atoms with E-state index in [9.17, 15) is 5.11 Å². The minimum absolute atomic E-state index is 0.623. The average molecular weight is 251 g/mol. The van der Waals surface area contributed by atoms with Crippen molar-refractivity contribution in [3.05, 3.63) is 57.6 Å². The molecule has 16 heavy (non-hydrogen) atoms. The predicted molar refractivity (Wildman–Crippen MR) is 66.0 cm³/mol. The molecule has 1 nitrogen and oxygen atoms in total. The zero-order chi connectivity index (χ0) is 11.3. The Morgan fingerprint density at radius 2 is 1.25 bits per heavy atom. The summed E-state index contributed by atoms with van der Waals surface area (Å²) in [6.45, 7) is 0. The molecule has 2 aromatic rings. The topological polar surface area (TPSA) is 20.2 Å². The second-order valence-corrected chi connectivity index (χ2v) is 4.74. The summed E-state index contributed by atoms with van der Waals surface area (Å²) in [6.07, 6.45) is -0.623. The average Bonchev–Trinajstić information content (AvgIpc) is 2.53. The lowest BCUT2D eigenvalue weighted by Crippen LogP contribution is -1.93. The minimum atomic E-state index is -0.623. The molecule has 0 saturated carbocycles. The molecule has 3 rings (SSSR count). The van der Waals surface area contributed by atoms with Crippen molar-refractivity contribution in [3.63, 3.8) is 0 Å². The molecule has 0 atom stereocenters. The maximum Gasteiger partial charge on any atom is 0.105 e. The molecule has 3 heteroatoms. The maximum absolute atomic E-state index is 10.2. The quantitative estimate of drug-likeness (QED) is 0.748. The number of hydrogen-bond donors (Lipinski definition) is 1. The van der Waals surface area contributed by atoms with Crippen LogP contribution in [-0.4, -0.2) is 5.11 Å². The zero-order valence-corrected chi connectivity index (χ0v) is 9.76. The van der Waals surface area contributed by atoms with Crippen molar-refractivity contribution in [1.82, 2.24) is 0 Å². The molecular weight excluding hydrogens is 243 g/mol. The summed E-state index contributed by atoms with van der Waals surface area (Å²) in [4.78, 5) is 0. The van der Waals surface area contributed by atoms with Crippen LogP contribution < -0.4 is 0 Å². The number of fused-ring (bicyclic) bond motifs is 3. The highest BCUT2D eigenvalue weighted by Gasteiger charge is 2.27. The molecule has 2 aromatic carbocycles. The molecule has 0 bridgehead atoms. The third-order valence-electron chi connectivity index (χ3n) is 2.91. The highest BCUT2D eigenvalue weighted by molar-refractivity contribution is 6.31. The van der Waals surface area contributed by atoms with Crippen LogP contribution in [0, 0.1) is 0 Å². The van der Waals surface area contributed by atoms with Crippen molar-refractivity contribution in [3.8, 4) is 11.1 Å². The Morgan fingerprint density at radius 1 is 0.812 bits per heavy atom. The summed E-state index contributed by atoms with van der Waals surface area (Å²) in [5.41, 5.74) is 3.77. The van der Waals surface area contributed by atoms with Gasteiger partial charge in [-0.15, -0.1) is 0 Å². The van der Waals surface area contributed by atoms with E-state index in [1.807, 2.05) is 24.3 Å². The predicted octanol–water partition coefficient (Wildman–Crippen LogP) is 4.06. The molecule has 0 radical (unpaired) electrons. The monoisotopic (exact) mass is 250 g/mol. The third-order valence-corrected chi connectivity index (χ3v) is 3.38. The van der Waals surface area contributed by atoms with Crippen LogP contribution in [0.25, 0.3) is 11.1 Å². The molecule has 0 heterocycles. The number of halogens is 2. The van der Waals surface area contributed by atoms with E-state index < -0.39 is 6.10 Å². The molecule has 0 aliphatic heterocycles. The summed E-state index contributed by atoms with van der Waals surface area (Å²) >= 11 is 11.9. The fourth-order valence-corrected chi connectivity index (χ4v) is 2.54. The van der Waals surface area contributed by atoms with Gasteiger partial charge >= 0.3 is 0 Å². The van der Waals surface area contributed by atoms with Gasteiger partial charge in [-0.3, -0.25) is 0 Å². The molecule has 0 unspecified atom stereocenters.